The Morgan fingerprint density at radius 1 is 1.28 bits per heavy atom. The number of amides is 1. The molecule has 1 aromatic rings. The molecule has 3 rings (SSSR count). The van der Waals surface area contributed by atoms with E-state index in [1.54, 1.807) is 0 Å². The van der Waals surface area contributed by atoms with E-state index >= 15 is 0 Å². The lowest BCUT2D eigenvalue weighted by molar-refractivity contribution is -0.134. The number of hydrogen-bond donors (Lipinski definition) is 1. The smallest absolute Gasteiger partial charge is 0.224 e. The maximum atomic E-state index is 12.3. The molecule has 0 bridgehead atoms. The number of nitrogens with zero attached hydrogens (tertiary/aromatic N) is 4. The summed E-state index contributed by atoms with van der Waals surface area (Å²) in [5, 5.41) is 7.54. The summed E-state index contributed by atoms with van der Waals surface area (Å²) in [6.07, 6.45) is 4.50. The maximum Gasteiger partial charge on any atom is 0.224 e. The predicted octanol–water partition coefficient (Wildman–Crippen LogP) is 0.708. The number of morpholine rings is 1. The molecular weight excluding hydrogens is 389 g/mol. The molecule has 1 atom stereocenters. The van der Waals surface area contributed by atoms with Gasteiger partial charge in [-0.15, -0.1) is 37.2 Å². The Hall–Kier alpha value is -0.570. The van der Waals surface area contributed by atoms with Crippen LogP contribution in [0.2, 0.25) is 0 Å². The molecule has 3 heterocycles. The zero-order valence-corrected chi connectivity index (χ0v) is 16.9. The van der Waals surface area contributed by atoms with Crippen molar-refractivity contribution < 1.29 is 9.53 Å². The lowest BCUT2D eigenvalue weighted by Gasteiger charge is -2.35. The van der Waals surface area contributed by atoms with E-state index in [-0.39, 0.29) is 49.2 Å². The molecule has 1 N–H and O–H groups in total. The van der Waals surface area contributed by atoms with Crippen LogP contribution in [-0.2, 0) is 23.1 Å². The van der Waals surface area contributed by atoms with E-state index in [4.69, 9.17) is 4.74 Å². The minimum absolute atomic E-state index is 0. The molecule has 146 valence electrons. The molecule has 2 fully saturated rings. The van der Waals surface area contributed by atoms with Crippen LogP contribution < -0.4 is 5.32 Å². The van der Waals surface area contributed by atoms with E-state index in [1.165, 1.54) is 5.56 Å². The fourth-order valence-corrected chi connectivity index (χ4v) is 3.06. The number of hydrogen-bond acceptors (Lipinski definition) is 5. The number of rotatable bonds is 4. The van der Waals surface area contributed by atoms with E-state index in [0.29, 0.717) is 13.0 Å². The Labute approximate surface area is 167 Å². The summed E-state index contributed by atoms with van der Waals surface area (Å²) < 4.78 is 7.23. The van der Waals surface area contributed by atoms with Crippen LogP contribution in [0.3, 0.4) is 0 Å². The predicted molar refractivity (Wildman–Crippen MR) is 104 cm³/mol. The number of carbonyl (C=O) groups excluding carboxylic acids is 1. The fraction of sp³-hybridized carbons (Fsp3) is 0.733. The summed E-state index contributed by atoms with van der Waals surface area (Å²) in [6.45, 7) is 6.62. The molecule has 10 heteroatoms. The Bertz CT molecular complexity index is 503. The first-order valence-electron chi connectivity index (χ1n) is 7.99. The number of aromatic nitrogens is 2. The Kier molecular flexibility index (Phi) is 11.7. The number of halogens is 3. The van der Waals surface area contributed by atoms with Crippen molar-refractivity contribution in [1.29, 1.82) is 0 Å². The van der Waals surface area contributed by atoms with Gasteiger partial charge in [0.1, 0.15) is 0 Å². The van der Waals surface area contributed by atoms with Gasteiger partial charge in [0, 0.05) is 70.5 Å². The van der Waals surface area contributed by atoms with Gasteiger partial charge in [0.15, 0.2) is 0 Å². The van der Waals surface area contributed by atoms with Crippen molar-refractivity contribution in [3.05, 3.63) is 18.0 Å². The lowest BCUT2D eigenvalue weighted by atomic mass is 10.1. The first-order valence-corrected chi connectivity index (χ1v) is 7.99. The van der Waals surface area contributed by atoms with Crippen molar-refractivity contribution >= 4 is 43.1 Å². The SMILES string of the molecule is Cl.Cl.Cl.Cn1cc(CN2CCN(C(=O)CC3COCCN3)CC2)cn1. The number of carbonyl (C=O) groups is 1. The van der Waals surface area contributed by atoms with E-state index in [1.807, 2.05) is 29.0 Å². The highest BCUT2D eigenvalue weighted by Crippen LogP contribution is 2.10. The van der Waals surface area contributed by atoms with Crippen LogP contribution in [-0.4, -0.2) is 77.5 Å². The second-order valence-electron chi connectivity index (χ2n) is 6.11. The molecule has 1 aromatic heterocycles. The molecule has 25 heavy (non-hydrogen) atoms. The van der Waals surface area contributed by atoms with Crippen LogP contribution in [0.15, 0.2) is 12.4 Å². The van der Waals surface area contributed by atoms with Crippen LogP contribution in [0, 0.1) is 0 Å². The van der Waals surface area contributed by atoms with Crippen molar-refractivity contribution in [2.24, 2.45) is 7.05 Å². The van der Waals surface area contributed by atoms with Crippen molar-refractivity contribution in [3.63, 3.8) is 0 Å². The number of ether oxygens (including phenoxy) is 1. The Balaban J connectivity index is 0.00000192. The fourth-order valence-electron chi connectivity index (χ4n) is 3.06. The van der Waals surface area contributed by atoms with Crippen LogP contribution in [0.5, 0.6) is 0 Å². The summed E-state index contributed by atoms with van der Waals surface area (Å²) in [6, 6.07) is 0.176. The van der Waals surface area contributed by atoms with Gasteiger partial charge in [-0.3, -0.25) is 14.4 Å². The molecule has 0 aliphatic carbocycles. The monoisotopic (exact) mass is 415 g/mol. The third-order valence-electron chi connectivity index (χ3n) is 4.31. The quantitative estimate of drug-likeness (QED) is 0.783. The van der Waals surface area contributed by atoms with Gasteiger partial charge in [-0.2, -0.15) is 5.10 Å². The highest BCUT2D eigenvalue weighted by molar-refractivity contribution is 5.86. The molecule has 1 unspecified atom stereocenters. The highest BCUT2D eigenvalue weighted by Gasteiger charge is 2.24. The maximum absolute atomic E-state index is 12.3. The van der Waals surface area contributed by atoms with Crippen LogP contribution >= 0.6 is 37.2 Å². The molecule has 1 amide bonds. The van der Waals surface area contributed by atoms with Gasteiger partial charge in [-0.25, -0.2) is 0 Å². The summed E-state index contributed by atoms with van der Waals surface area (Å²) >= 11 is 0. The molecule has 0 radical (unpaired) electrons. The first kappa shape index (κ1) is 24.4. The second-order valence-corrected chi connectivity index (χ2v) is 6.11. The van der Waals surface area contributed by atoms with E-state index < -0.39 is 0 Å². The summed E-state index contributed by atoms with van der Waals surface area (Å²) in [7, 11) is 1.93. The standard InChI is InChI=1S/C15H25N5O2.3ClH/c1-18-10-13(9-17-18)11-19-3-5-20(6-4-19)15(21)8-14-12-22-7-2-16-14;;;/h9-10,14,16H,2-8,11-12H2,1H3;3*1H. The molecule has 2 aliphatic rings. The third kappa shape index (κ3) is 7.29. The molecule has 0 spiro atoms. The highest BCUT2D eigenvalue weighted by atomic mass is 35.5. The van der Waals surface area contributed by atoms with Gasteiger partial charge in [0.25, 0.3) is 0 Å². The topological polar surface area (TPSA) is 62.6 Å². The van der Waals surface area contributed by atoms with Crippen molar-refractivity contribution in [1.82, 2.24) is 24.9 Å². The van der Waals surface area contributed by atoms with Gasteiger partial charge < -0.3 is 15.0 Å². The van der Waals surface area contributed by atoms with Gasteiger partial charge in [-0.05, 0) is 0 Å². The van der Waals surface area contributed by atoms with E-state index in [2.05, 4.69) is 15.3 Å². The summed E-state index contributed by atoms with van der Waals surface area (Å²) in [4.78, 5) is 16.7. The van der Waals surface area contributed by atoms with Gasteiger partial charge in [0.2, 0.25) is 5.91 Å². The normalized spacial score (nSPS) is 20.8. The number of aryl methyl sites for hydroxylation is 1. The Morgan fingerprint density at radius 2 is 2.00 bits per heavy atom. The average molecular weight is 417 g/mol. The zero-order valence-electron chi connectivity index (χ0n) is 14.4. The largest absolute Gasteiger partial charge is 0.378 e. The van der Waals surface area contributed by atoms with Gasteiger partial charge in [-0.1, -0.05) is 0 Å². The minimum Gasteiger partial charge on any atom is -0.378 e. The molecular formula is C15H28Cl3N5O2. The minimum atomic E-state index is 0. The van der Waals surface area contributed by atoms with Gasteiger partial charge in [0.05, 0.1) is 19.4 Å². The van der Waals surface area contributed by atoms with Crippen LogP contribution in [0.25, 0.3) is 0 Å². The molecule has 0 aromatic carbocycles. The third-order valence-corrected chi connectivity index (χ3v) is 4.31. The molecule has 7 nitrogen and oxygen atoms in total. The number of nitrogens with one attached hydrogen (secondary N) is 1. The van der Waals surface area contributed by atoms with Crippen molar-refractivity contribution in [3.8, 4) is 0 Å². The molecule has 0 saturated carbocycles. The van der Waals surface area contributed by atoms with Crippen LogP contribution in [0.4, 0.5) is 0 Å². The summed E-state index contributed by atoms with van der Waals surface area (Å²) in [5.74, 6) is 0.240. The summed E-state index contributed by atoms with van der Waals surface area (Å²) in [5.41, 5.74) is 1.23. The van der Waals surface area contributed by atoms with Crippen molar-refractivity contribution in [2.45, 2.75) is 19.0 Å². The lowest BCUT2D eigenvalue weighted by Crippen LogP contribution is -2.51. The molecule has 2 saturated heterocycles. The van der Waals surface area contributed by atoms with Crippen molar-refractivity contribution in [2.75, 3.05) is 45.9 Å². The number of piperazine rings is 1. The first-order chi connectivity index (χ1) is 10.7. The Morgan fingerprint density at radius 3 is 2.56 bits per heavy atom. The average Bonchev–Trinajstić information content (AvgIpc) is 2.94. The van der Waals surface area contributed by atoms with Crippen LogP contribution in [0.1, 0.15) is 12.0 Å². The second kappa shape index (κ2) is 11.9. The van der Waals surface area contributed by atoms with Gasteiger partial charge >= 0.3 is 0 Å². The molecule has 2 aliphatic heterocycles. The van der Waals surface area contributed by atoms with E-state index in [0.717, 1.165) is 45.9 Å². The van der Waals surface area contributed by atoms with E-state index in [9.17, 15) is 4.79 Å². The zero-order chi connectivity index (χ0) is 15.4.